The Morgan fingerprint density at radius 1 is 1.41 bits per heavy atom. The predicted molar refractivity (Wildman–Crippen MR) is 63.1 cm³/mol. The average Bonchev–Trinajstić information content (AvgIpc) is 2.75. The molecule has 0 saturated carbocycles. The van der Waals surface area contributed by atoms with E-state index >= 15 is 0 Å². The lowest BCUT2D eigenvalue weighted by Crippen LogP contribution is -2.21. The van der Waals surface area contributed by atoms with Crippen LogP contribution in [-0.4, -0.2) is 27.8 Å². The lowest BCUT2D eigenvalue weighted by Gasteiger charge is -2.20. The van der Waals surface area contributed by atoms with Crippen LogP contribution in [0, 0.1) is 5.92 Å². The van der Waals surface area contributed by atoms with Gasteiger partial charge >= 0.3 is 0 Å². The van der Waals surface area contributed by atoms with Crippen LogP contribution < -0.4 is 5.56 Å². The van der Waals surface area contributed by atoms with Crippen molar-refractivity contribution >= 4 is 5.65 Å². The van der Waals surface area contributed by atoms with Crippen molar-refractivity contribution in [3.8, 4) is 0 Å². The number of nitrogens with zero attached hydrogens (tertiary/aromatic N) is 2. The Hall–Kier alpha value is -1.62. The van der Waals surface area contributed by atoms with E-state index in [4.69, 9.17) is 4.74 Å². The zero-order chi connectivity index (χ0) is 11.7. The summed E-state index contributed by atoms with van der Waals surface area (Å²) in [6.45, 7) is 1.64. The molecule has 5 heteroatoms. The Balaban J connectivity index is 1.92. The van der Waals surface area contributed by atoms with E-state index in [1.807, 2.05) is 6.07 Å². The molecule has 1 aliphatic heterocycles. The zero-order valence-electron chi connectivity index (χ0n) is 9.56. The van der Waals surface area contributed by atoms with Gasteiger partial charge in [-0.1, -0.05) is 6.07 Å². The summed E-state index contributed by atoms with van der Waals surface area (Å²) in [5.74, 6) is 1.40. The van der Waals surface area contributed by atoms with Crippen LogP contribution in [0.4, 0.5) is 0 Å². The maximum Gasteiger partial charge on any atom is 0.257 e. The average molecular weight is 233 g/mol. The number of hydrogen-bond donors (Lipinski definition) is 1. The second-order valence-electron chi connectivity index (χ2n) is 4.48. The second kappa shape index (κ2) is 4.33. The largest absolute Gasteiger partial charge is 0.381 e. The van der Waals surface area contributed by atoms with E-state index in [0.717, 1.165) is 43.9 Å². The predicted octanol–water partition coefficient (Wildman–Crippen LogP) is 0.992. The molecule has 5 nitrogen and oxygen atoms in total. The molecule has 3 rings (SSSR count). The number of H-pyrrole nitrogens is 1. The van der Waals surface area contributed by atoms with Crippen molar-refractivity contribution in [2.24, 2.45) is 5.92 Å². The molecule has 3 heterocycles. The van der Waals surface area contributed by atoms with E-state index in [-0.39, 0.29) is 5.56 Å². The summed E-state index contributed by atoms with van der Waals surface area (Å²) in [6, 6.07) is 5.17. The molecule has 0 atom stereocenters. The number of pyridine rings is 1. The molecular formula is C12H15N3O2. The van der Waals surface area contributed by atoms with E-state index in [1.165, 1.54) is 0 Å². The Morgan fingerprint density at radius 3 is 3.06 bits per heavy atom. The van der Waals surface area contributed by atoms with Gasteiger partial charge in [0.1, 0.15) is 11.5 Å². The van der Waals surface area contributed by atoms with Gasteiger partial charge in [-0.15, -0.1) is 0 Å². The van der Waals surface area contributed by atoms with Gasteiger partial charge in [0, 0.05) is 25.7 Å². The highest BCUT2D eigenvalue weighted by molar-refractivity contribution is 5.37. The highest BCUT2D eigenvalue weighted by Gasteiger charge is 2.17. The fourth-order valence-electron chi connectivity index (χ4n) is 2.36. The maximum absolute atomic E-state index is 11.8. The molecule has 0 aromatic carbocycles. The van der Waals surface area contributed by atoms with Gasteiger partial charge in [0.05, 0.1) is 0 Å². The van der Waals surface area contributed by atoms with E-state index < -0.39 is 0 Å². The van der Waals surface area contributed by atoms with Gasteiger partial charge in [0.2, 0.25) is 0 Å². The maximum atomic E-state index is 11.8. The minimum atomic E-state index is -0.0155. The fourth-order valence-corrected chi connectivity index (χ4v) is 2.36. The Bertz CT molecular complexity index is 566. The van der Waals surface area contributed by atoms with Crippen LogP contribution >= 0.6 is 0 Å². The molecule has 1 fully saturated rings. The number of fused-ring (bicyclic) bond motifs is 1. The zero-order valence-corrected chi connectivity index (χ0v) is 9.56. The third kappa shape index (κ3) is 1.98. The summed E-state index contributed by atoms with van der Waals surface area (Å²) in [4.78, 5) is 11.8. The van der Waals surface area contributed by atoms with Crippen molar-refractivity contribution in [3.63, 3.8) is 0 Å². The van der Waals surface area contributed by atoms with Gasteiger partial charge < -0.3 is 4.74 Å². The van der Waals surface area contributed by atoms with Crippen molar-refractivity contribution in [1.29, 1.82) is 0 Å². The summed E-state index contributed by atoms with van der Waals surface area (Å²) in [7, 11) is 0. The van der Waals surface area contributed by atoms with Gasteiger partial charge in [0.15, 0.2) is 0 Å². The van der Waals surface area contributed by atoms with Crippen LogP contribution in [0.5, 0.6) is 0 Å². The molecule has 0 bridgehead atoms. The number of aromatic nitrogens is 3. The van der Waals surface area contributed by atoms with Gasteiger partial charge in [-0.3, -0.25) is 9.89 Å². The van der Waals surface area contributed by atoms with Crippen LogP contribution in [-0.2, 0) is 11.2 Å². The minimum Gasteiger partial charge on any atom is -0.381 e. The quantitative estimate of drug-likeness (QED) is 0.841. The molecule has 0 radical (unpaired) electrons. The summed E-state index contributed by atoms with van der Waals surface area (Å²) in [6.07, 6.45) is 2.94. The fraction of sp³-hybridized carbons (Fsp3) is 0.500. The van der Waals surface area contributed by atoms with Crippen LogP contribution in [0.1, 0.15) is 18.7 Å². The molecule has 17 heavy (non-hydrogen) atoms. The number of aromatic amines is 1. The van der Waals surface area contributed by atoms with Gasteiger partial charge in [-0.05, 0) is 24.8 Å². The molecule has 90 valence electrons. The molecule has 0 amide bonds. The first kappa shape index (κ1) is 10.5. The molecule has 0 unspecified atom stereocenters. The molecular weight excluding hydrogens is 218 g/mol. The SMILES string of the molecule is O=c1cccc2[nH]nc(CC3CCOCC3)n12. The first-order chi connectivity index (χ1) is 8.34. The Labute approximate surface area is 98.4 Å². The topological polar surface area (TPSA) is 59.4 Å². The van der Waals surface area contributed by atoms with Crippen molar-refractivity contribution < 1.29 is 4.74 Å². The highest BCUT2D eigenvalue weighted by Crippen LogP contribution is 2.18. The number of rotatable bonds is 2. The van der Waals surface area contributed by atoms with Crippen molar-refractivity contribution in [2.75, 3.05) is 13.2 Å². The molecule has 1 aliphatic rings. The number of hydrogen-bond acceptors (Lipinski definition) is 3. The molecule has 0 spiro atoms. The van der Waals surface area contributed by atoms with E-state index in [9.17, 15) is 4.79 Å². The highest BCUT2D eigenvalue weighted by atomic mass is 16.5. The van der Waals surface area contributed by atoms with Gasteiger partial charge in [0.25, 0.3) is 5.56 Å². The van der Waals surface area contributed by atoms with E-state index in [2.05, 4.69) is 10.2 Å². The first-order valence-electron chi connectivity index (χ1n) is 5.97. The molecule has 1 saturated heterocycles. The van der Waals surface area contributed by atoms with Crippen LogP contribution in [0.25, 0.3) is 5.65 Å². The van der Waals surface area contributed by atoms with Gasteiger partial charge in [-0.25, -0.2) is 4.40 Å². The number of nitrogens with one attached hydrogen (secondary N) is 1. The van der Waals surface area contributed by atoms with E-state index in [0.29, 0.717) is 5.92 Å². The van der Waals surface area contributed by atoms with Crippen molar-refractivity contribution in [3.05, 3.63) is 34.4 Å². The summed E-state index contributed by atoms with van der Waals surface area (Å²) >= 11 is 0. The third-order valence-corrected chi connectivity index (χ3v) is 3.32. The van der Waals surface area contributed by atoms with Crippen molar-refractivity contribution in [2.45, 2.75) is 19.3 Å². The van der Waals surface area contributed by atoms with Crippen LogP contribution in [0.3, 0.4) is 0 Å². The lowest BCUT2D eigenvalue weighted by atomic mass is 9.96. The standard InChI is InChI=1S/C12H15N3O2/c16-12-3-1-2-10-13-14-11(15(10)12)8-9-4-6-17-7-5-9/h1-3,9,13H,4-8H2. The molecule has 0 aliphatic carbocycles. The second-order valence-corrected chi connectivity index (χ2v) is 4.48. The van der Waals surface area contributed by atoms with Gasteiger partial charge in [-0.2, -0.15) is 5.10 Å². The van der Waals surface area contributed by atoms with E-state index in [1.54, 1.807) is 16.5 Å². The number of ether oxygens (including phenoxy) is 1. The third-order valence-electron chi connectivity index (χ3n) is 3.32. The van der Waals surface area contributed by atoms with Crippen molar-refractivity contribution in [1.82, 2.24) is 14.6 Å². The van der Waals surface area contributed by atoms with Crippen LogP contribution in [0.15, 0.2) is 23.0 Å². The Kier molecular flexibility index (Phi) is 2.68. The summed E-state index contributed by atoms with van der Waals surface area (Å²) in [5.41, 5.74) is 0.748. The lowest BCUT2D eigenvalue weighted by molar-refractivity contribution is 0.0659. The summed E-state index contributed by atoms with van der Waals surface area (Å²) < 4.78 is 7.00. The monoisotopic (exact) mass is 233 g/mol. The molecule has 2 aromatic heterocycles. The first-order valence-corrected chi connectivity index (χ1v) is 5.97. The molecule has 2 aromatic rings. The molecule has 1 N–H and O–H groups in total. The Morgan fingerprint density at radius 2 is 2.24 bits per heavy atom. The minimum absolute atomic E-state index is 0.0155. The normalized spacial score (nSPS) is 17.6. The van der Waals surface area contributed by atoms with Crippen LogP contribution in [0.2, 0.25) is 0 Å². The summed E-state index contributed by atoms with van der Waals surface area (Å²) in [5, 5.41) is 7.15. The smallest absolute Gasteiger partial charge is 0.257 e.